The Morgan fingerprint density at radius 2 is 1.88 bits per heavy atom. The van der Waals surface area contributed by atoms with E-state index in [0.717, 1.165) is 41.6 Å². The van der Waals surface area contributed by atoms with E-state index in [4.69, 9.17) is 4.52 Å². The van der Waals surface area contributed by atoms with Gasteiger partial charge in [0.25, 0.3) is 0 Å². The summed E-state index contributed by atoms with van der Waals surface area (Å²) >= 11 is 0. The Hall–Kier alpha value is -1.66. The first-order valence-corrected chi connectivity index (χ1v) is 9.83. The molecule has 0 unspecified atom stereocenters. The molecule has 3 rings (SSSR count). The second kappa shape index (κ2) is 6.33. The highest BCUT2D eigenvalue weighted by molar-refractivity contribution is 7.89. The van der Waals surface area contributed by atoms with Gasteiger partial charge in [-0.05, 0) is 62.8 Å². The molecule has 0 saturated carbocycles. The van der Waals surface area contributed by atoms with Gasteiger partial charge in [0.05, 0.1) is 16.6 Å². The second-order valence-corrected chi connectivity index (χ2v) is 8.41. The van der Waals surface area contributed by atoms with Crippen LogP contribution in [0.15, 0.2) is 27.6 Å². The Labute approximate surface area is 143 Å². The van der Waals surface area contributed by atoms with Crippen LogP contribution in [0.5, 0.6) is 0 Å². The van der Waals surface area contributed by atoms with Gasteiger partial charge in [-0.25, -0.2) is 8.42 Å². The van der Waals surface area contributed by atoms with Crippen LogP contribution >= 0.6 is 0 Å². The van der Waals surface area contributed by atoms with Crippen molar-refractivity contribution in [3.05, 3.63) is 46.3 Å². The minimum atomic E-state index is -3.56. The fourth-order valence-corrected chi connectivity index (χ4v) is 5.26. The monoisotopic (exact) mass is 348 g/mol. The number of benzene rings is 1. The molecule has 5 nitrogen and oxygen atoms in total. The Morgan fingerprint density at radius 1 is 1.17 bits per heavy atom. The van der Waals surface area contributed by atoms with E-state index in [1.54, 1.807) is 10.4 Å². The maximum atomic E-state index is 13.2. The van der Waals surface area contributed by atoms with Gasteiger partial charge in [0.15, 0.2) is 5.76 Å². The molecule has 24 heavy (non-hydrogen) atoms. The van der Waals surface area contributed by atoms with Crippen molar-refractivity contribution in [3.63, 3.8) is 0 Å². The highest BCUT2D eigenvalue weighted by atomic mass is 32.2. The van der Waals surface area contributed by atoms with Crippen molar-refractivity contribution in [2.45, 2.75) is 57.9 Å². The summed E-state index contributed by atoms with van der Waals surface area (Å²) in [4.78, 5) is 0.396. The topological polar surface area (TPSA) is 63.4 Å². The summed E-state index contributed by atoms with van der Waals surface area (Å²) in [5.41, 5.74) is 3.74. The van der Waals surface area contributed by atoms with E-state index >= 15 is 0 Å². The lowest BCUT2D eigenvalue weighted by Gasteiger charge is -2.23. The van der Waals surface area contributed by atoms with Gasteiger partial charge >= 0.3 is 0 Å². The molecule has 1 aliphatic heterocycles. The summed E-state index contributed by atoms with van der Waals surface area (Å²) in [6.45, 7) is 8.32. The van der Waals surface area contributed by atoms with E-state index in [1.165, 1.54) is 0 Å². The Kier molecular flexibility index (Phi) is 4.53. The Morgan fingerprint density at radius 3 is 2.54 bits per heavy atom. The molecule has 2 aromatic rings. The zero-order valence-corrected chi connectivity index (χ0v) is 15.5. The minimum absolute atomic E-state index is 0.260. The summed E-state index contributed by atoms with van der Waals surface area (Å²) in [6, 6.07) is 5.35. The molecule has 130 valence electrons. The van der Waals surface area contributed by atoms with Gasteiger partial charge in [-0.2, -0.15) is 4.31 Å². The first kappa shape index (κ1) is 17.2. The molecule has 0 N–H and O–H groups in total. The Balaban J connectivity index is 2.01. The first-order chi connectivity index (χ1) is 11.3. The van der Waals surface area contributed by atoms with Crippen LogP contribution in [0, 0.1) is 20.8 Å². The normalized spacial score (nSPS) is 19.1. The highest BCUT2D eigenvalue weighted by Gasteiger charge is 2.39. The average Bonchev–Trinajstić information content (AvgIpc) is 3.18. The standard InChI is InChI=1S/C18H24N2O3S/c1-5-15-11-17(23-19-15)16-7-6-8-20(16)24(21,22)18-10-13(3)12(2)9-14(18)4/h9-11,16H,5-8H2,1-4H3/t16-/m0/s1. The van der Waals surface area contributed by atoms with Crippen molar-refractivity contribution < 1.29 is 12.9 Å². The molecule has 1 aliphatic rings. The van der Waals surface area contributed by atoms with E-state index in [9.17, 15) is 8.42 Å². The van der Waals surface area contributed by atoms with Gasteiger partial charge < -0.3 is 4.52 Å². The predicted molar refractivity (Wildman–Crippen MR) is 92.4 cm³/mol. The van der Waals surface area contributed by atoms with Crippen LogP contribution < -0.4 is 0 Å². The smallest absolute Gasteiger partial charge is 0.244 e. The maximum Gasteiger partial charge on any atom is 0.244 e. The van der Waals surface area contributed by atoms with Gasteiger partial charge in [0.1, 0.15) is 0 Å². The number of rotatable bonds is 4. The molecule has 2 heterocycles. The third-order valence-corrected chi connectivity index (χ3v) is 6.90. The molecule has 0 spiro atoms. The molecule has 0 bridgehead atoms. The zero-order chi connectivity index (χ0) is 17.5. The van der Waals surface area contributed by atoms with Crippen LogP contribution in [0.4, 0.5) is 0 Å². The van der Waals surface area contributed by atoms with Gasteiger partial charge in [-0.1, -0.05) is 18.1 Å². The molecule has 0 amide bonds. The van der Waals surface area contributed by atoms with Gasteiger partial charge in [-0.3, -0.25) is 0 Å². The lowest BCUT2D eigenvalue weighted by atomic mass is 10.1. The zero-order valence-electron chi connectivity index (χ0n) is 14.7. The molecule has 1 aromatic heterocycles. The lowest BCUT2D eigenvalue weighted by molar-refractivity contribution is 0.296. The molecule has 1 saturated heterocycles. The molecule has 1 fully saturated rings. The van der Waals surface area contributed by atoms with Gasteiger partial charge in [0.2, 0.25) is 10.0 Å². The van der Waals surface area contributed by atoms with E-state index in [2.05, 4.69) is 5.16 Å². The third-order valence-electron chi connectivity index (χ3n) is 4.85. The molecule has 1 aromatic carbocycles. The van der Waals surface area contributed by atoms with Crippen LogP contribution in [0.3, 0.4) is 0 Å². The maximum absolute atomic E-state index is 13.2. The van der Waals surface area contributed by atoms with E-state index < -0.39 is 10.0 Å². The van der Waals surface area contributed by atoms with Crippen molar-refractivity contribution in [2.75, 3.05) is 6.54 Å². The van der Waals surface area contributed by atoms with Crippen LogP contribution in [-0.2, 0) is 16.4 Å². The largest absolute Gasteiger partial charge is 0.359 e. The minimum Gasteiger partial charge on any atom is -0.359 e. The molecule has 0 aliphatic carbocycles. The fraction of sp³-hybridized carbons (Fsp3) is 0.500. The number of aryl methyl sites for hydroxylation is 4. The van der Waals surface area contributed by atoms with Crippen molar-refractivity contribution in [2.24, 2.45) is 0 Å². The SMILES string of the molecule is CCc1cc([C@@H]2CCCN2S(=O)(=O)c2cc(C)c(C)cc2C)on1. The van der Waals surface area contributed by atoms with Crippen LogP contribution in [-0.4, -0.2) is 24.4 Å². The van der Waals surface area contributed by atoms with Crippen molar-refractivity contribution in [1.82, 2.24) is 9.46 Å². The van der Waals surface area contributed by atoms with Crippen LogP contribution in [0.25, 0.3) is 0 Å². The van der Waals surface area contributed by atoms with Gasteiger partial charge in [-0.15, -0.1) is 0 Å². The summed E-state index contributed by atoms with van der Waals surface area (Å²) in [5.74, 6) is 0.648. The van der Waals surface area contributed by atoms with Gasteiger partial charge in [0, 0.05) is 12.6 Å². The number of hydrogen-bond donors (Lipinski definition) is 0. The van der Waals surface area contributed by atoms with Crippen molar-refractivity contribution >= 4 is 10.0 Å². The third kappa shape index (κ3) is 2.89. The predicted octanol–water partition coefficient (Wildman–Crippen LogP) is 3.69. The summed E-state index contributed by atoms with van der Waals surface area (Å²) in [6.07, 6.45) is 2.37. The average molecular weight is 348 g/mol. The number of nitrogens with zero attached hydrogens (tertiary/aromatic N) is 2. The van der Waals surface area contributed by atoms with Crippen molar-refractivity contribution in [3.8, 4) is 0 Å². The van der Waals surface area contributed by atoms with E-state index in [1.807, 2.05) is 39.8 Å². The number of hydrogen-bond acceptors (Lipinski definition) is 4. The number of sulfonamides is 1. The van der Waals surface area contributed by atoms with Crippen LogP contribution in [0.1, 0.15) is 54.0 Å². The summed E-state index contributed by atoms with van der Waals surface area (Å²) in [5, 5.41) is 4.02. The Bertz CT molecular complexity index is 855. The molecular formula is C18H24N2O3S. The molecule has 6 heteroatoms. The van der Waals surface area contributed by atoms with E-state index in [0.29, 0.717) is 17.2 Å². The second-order valence-electron chi connectivity index (χ2n) is 6.55. The number of aromatic nitrogens is 1. The fourth-order valence-electron chi connectivity index (χ4n) is 3.30. The molecule has 0 radical (unpaired) electrons. The summed E-state index contributed by atoms with van der Waals surface area (Å²) in [7, 11) is -3.56. The quantitative estimate of drug-likeness (QED) is 0.845. The molecule has 1 atom stereocenters. The van der Waals surface area contributed by atoms with Crippen LogP contribution in [0.2, 0.25) is 0 Å². The highest BCUT2D eigenvalue weighted by Crippen LogP contribution is 2.37. The van der Waals surface area contributed by atoms with E-state index in [-0.39, 0.29) is 6.04 Å². The van der Waals surface area contributed by atoms with Crippen molar-refractivity contribution in [1.29, 1.82) is 0 Å². The first-order valence-electron chi connectivity index (χ1n) is 8.39. The lowest BCUT2D eigenvalue weighted by Crippen LogP contribution is -2.31. The molecular weight excluding hydrogens is 324 g/mol. The summed E-state index contributed by atoms with van der Waals surface area (Å²) < 4.78 is 33.5.